The molecule has 2 aromatic heterocycles. The predicted octanol–water partition coefficient (Wildman–Crippen LogP) is 3.86. The maximum Gasteiger partial charge on any atom is 0.194 e. The molecule has 0 saturated heterocycles. The van der Waals surface area contributed by atoms with E-state index in [0.717, 1.165) is 30.1 Å². The fourth-order valence-corrected chi connectivity index (χ4v) is 3.61. The Kier molecular flexibility index (Phi) is 8.56. The number of guanidine groups is 1. The topological polar surface area (TPSA) is 50.4 Å². The van der Waals surface area contributed by atoms with E-state index >= 15 is 0 Å². The van der Waals surface area contributed by atoms with E-state index in [4.69, 9.17) is 0 Å². The fraction of sp³-hybridized carbons (Fsp3) is 0.300. The standard InChI is InChI=1S/C20H25BrN6.HI/c1-22-20(26(3)14-19-10-18(21)13-25(19)2)24-11-16-5-4-6-17(9-16)12-27-8-7-23-15-27;/h4-10,13,15H,11-12,14H2,1-3H3,(H,22,24);1H. The zero-order valence-electron chi connectivity index (χ0n) is 16.3. The molecule has 0 unspecified atom stereocenters. The molecule has 3 aromatic rings. The van der Waals surface area contributed by atoms with Crippen LogP contribution in [0.5, 0.6) is 0 Å². The number of hydrogen-bond donors (Lipinski definition) is 1. The Morgan fingerprint density at radius 2 is 2.07 bits per heavy atom. The Morgan fingerprint density at radius 1 is 1.29 bits per heavy atom. The van der Waals surface area contributed by atoms with Crippen LogP contribution in [0.15, 0.2) is 64.7 Å². The number of halogens is 2. The van der Waals surface area contributed by atoms with Crippen LogP contribution in [0.4, 0.5) is 0 Å². The van der Waals surface area contributed by atoms with Crippen LogP contribution in [0, 0.1) is 0 Å². The molecule has 1 aromatic carbocycles. The van der Waals surface area contributed by atoms with Gasteiger partial charge in [0.1, 0.15) is 0 Å². The van der Waals surface area contributed by atoms with Gasteiger partial charge in [-0.3, -0.25) is 4.99 Å². The number of imidazole rings is 1. The quantitative estimate of drug-likeness (QED) is 0.285. The van der Waals surface area contributed by atoms with Crippen molar-refractivity contribution in [2.75, 3.05) is 14.1 Å². The molecule has 0 aliphatic carbocycles. The lowest BCUT2D eigenvalue weighted by Crippen LogP contribution is -2.38. The summed E-state index contributed by atoms with van der Waals surface area (Å²) in [5, 5.41) is 3.45. The summed E-state index contributed by atoms with van der Waals surface area (Å²) in [6, 6.07) is 10.7. The van der Waals surface area contributed by atoms with Crippen molar-refractivity contribution in [3.05, 3.63) is 76.5 Å². The molecule has 0 fully saturated rings. The number of aryl methyl sites for hydroxylation is 1. The van der Waals surface area contributed by atoms with E-state index in [1.165, 1.54) is 16.8 Å². The first-order valence-corrected chi connectivity index (χ1v) is 9.60. The molecule has 0 amide bonds. The minimum Gasteiger partial charge on any atom is -0.352 e. The Bertz CT molecular complexity index is 903. The van der Waals surface area contributed by atoms with Gasteiger partial charge in [0.2, 0.25) is 0 Å². The second-order valence-electron chi connectivity index (χ2n) is 6.57. The van der Waals surface area contributed by atoms with Crippen molar-refractivity contribution in [2.24, 2.45) is 12.0 Å². The molecule has 0 bridgehead atoms. The average molecular weight is 557 g/mol. The summed E-state index contributed by atoms with van der Waals surface area (Å²) in [6.45, 7) is 2.33. The monoisotopic (exact) mass is 556 g/mol. The highest BCUT2D eigenvalue weighted by Crippen LogP contribution is 2.15. The van der Waals surface area contributed by atoms with Crippen LogP contribution in [-0.4, -0.2) is 39.1 Å². The number of benzene rings is 1. The largest absolute Gasteiger partial charge is 0.352 e. The van der Waals surface area contributed by atoms with Crippen molar-refractivity contribution >= 4 is 45.9 Å². The fourth-order valence-electron chi connectivity index (χ4n) is 3.04. The van der Waals surface area contributed by atoms with Gasteiger partial charge in [0.05, 0.1) is 12.9 Å². The van der Waals surface area contributed by atoms with Crippen LogP contribution < -0.4 is 5.32 Å². The molecule has 0 aliphatic heterocycles. The van der Waals surface area contributed by atoms with E-state index < -0.39 is 0 Å². The lowest BCUT2D eigenvalue weighted by atomic mass is 10.1. The van der Waals surface area contributed by atoms with E-state index in [2.05, 4.69) is 88.8 Å². The van der Waals surface area contributed by atoms with Gasteiger partial charge in [-0.1, -0.05) is 24.3 Å². The Morgan fingerprint density at radius 3 is 2.71 bits per heavy atom. The number of hydrogen-bond acceptors (Lipinski definition) is 2. The summed E-state index contributed by atoms with van der Waals surface area (Å²) < 4.78 is 5.27. The first-order chi connectivity index (χ1) is 13.0. The van der Waals surface area contributed by atoms with E-state index in [1.807, 2.05) is 26.6 Å². The summed E-state index contributed by atoms with van der Waals surface area (Å²) in [4.78, 5) is 10.6. The summed E-state index contributed by atoms with van der Waals surface area (Å²) >= 11 is 3.53. The molecule has 0 radical (unpaired) electrons. The van der Waals surface area contributed by atoms with Crippen molar-refractivity contribution < 1.29 is 0 Å². The number of aliphatic imine (C=N–C) groups is 1. The summed E-state index contributed by atoms with van der Waals surface area (Å²) in [7, 11) is 5.91. The van der Waals surface area contributed by atoms with Gasteiger partial charge in [0.25, 0.3) is 0 Å². The molecule has 3 rings (SSSR count). The van der Waals surface area contributed by atoms with Gasteiger partial charge < -0.3 is 19.4 Å². The van der Waals surface area contributed by atoms with Gasteiger partial charge in [0, 0.05) is 63.0 Å². The number of nitrogens with one attached hydrogen (secondary N) is 1. The molecular weight excluding hydrogens is 531 g/mol. The predicted molar refractivity (Wildman–Crippen MR) is 128 cm³/mol. The molecule has 0 atom stereocenters. The third-order valence-corrected chi connectivity index (χ3v) is 4.85. The lowest BCUT2D eigenvalue weighted by Gasteiger charge is -2.22. The van der Waals surface area contributed by atoms with Crippen LogP contribution in [0.3, 0.4) is 0 Å². The highest BCUT2D eigenvalue weighted by molar-refractivity contribution is 14.0. The lowest BCUT2D eigenvalue weighted by molar-refractivity contribution is 0.461. The van der Waals surface area contributed by atoms with Crippen molar-refractivity contribution in [2.45, 2.75) is 19.6 Å². The SMILES string of the molecule is CN=C(NCc1cccc(Cn2ccnc2)c1)N(C)Cc1cc(Br)cn1C.I. The first-order valence-electron chi connectivity index (χ1n) is 8.81. The highest BCUT2D eigenvalue weighted by Gasteiger charge is 2.10. The smallest absolute Gasteiger partial charge is 0.194 e. The van der Waals surface area contributed by atoms with E-state index in [0.29, 0.717) is 0 Å². The zero-order chi connectivity index (χ0) is 19.2. The van der Waals surface area contributed by atoms with Gasteiger partial charge in [-0.2, -0.15) is 0 Å². The molecule has 0 spiro atoms. The van der Waals surface area contributed by atoms with E-state index in [-0.39, 0.29) is 24.0 Å². The molecule has 28 heavy (non-hydrogen) atoms. The molecule has 150 valence electrons. The highest BCUT2D eigenvalue weighted by atomic mass is 127. The molecule has 2 heterocycles. The molecule has 1 N–H and O–H groups in total. The van der Waals surface area contributed by atoms with Crippen LogP contribution >= 0.6 is 39.9 Å². The number of aromatic nitrogens is 3. The second kappa shape index (κ2) is 10.7. The van der Waals surface area contributed by atoms with Gasteiger partial charge in [-0.05, 0) is 33.1 Å². The summed E-state index contributed by atoms with van der Waals surface area (Å²) in [6.07, 6.45) is 7.68. The van der Waals surface area contributed by atoms with Crippen LogP contribution in [0.2, 0.25) is 0 Å². The normalized spacial score (nSPS) is 11.2. The van der Waals surface area contributed by atoms with Gasteiger partial charge >= 0.3 is 0 Å². The van der Waals surface area contributed by atoms with Gasteiger partial charge in [0.15, 0.2) is 5.96 Å². The molecule has 8 heteroatoms. The Hall–Kier alpha value is -1.81. The minimum atomic E-state index is 0. The number of nitrogens with zero attached hydrogens (tertiary/aromatic N) is 5. The van der Waals surface area contributed by atoms with Gasteiger partial charge in [-0.15, -0.1) is 24.0 Å². The zero-order valence-corrected chi connectivity index (χ0v) is 20.3. The molecule has 0 aliphatic rings. The van der Waals surface area contributed by atoms with E-state index in [9.17, 15) is 0 Å². The Balaban J connectivity index is 0.00000280. The first kappa shape index (κ1) is 22.5. The average Bonchev–Trinajstić information content (AvgIpc) is 3.25. The minimum absolute atomic E-state index is 0. The van der Waals surface area contributed by atoms with Crippen LogP contribution in [0.25, 0.3) is 0 Å². The summed E-state index contributed by atoms with van der Waals surface area (Å²) in [5.41, 5.74) is 3.70. The summed E-state index contributed by atoms with van der Waals surface area (Å²) in [5.74, 6) is 0.868. The third-order valence-electron chi connectivity index (χ3n) is 4.41. The van der Waals surface area contributed by atoms with Crippen LogP contribution in [-0.2, 0) is 26.7 Å². The maximum absolute atomic E-state index is 4.42. The molecule has 0 saturated carbocycles. The van der Waals surface area contributed by atoms with Crippen molar-refractivity contribution in [3.63, 3.8) is 0 Å². The van der Waals surface area contributed by atoms with Crippen LogP contribution in [0.1, 0.15) is 16.8 Å². The molecular formula is C20H26BrIN6. The Labute approximate surface area is 191 Å². The van der Waals surface area contributed by atoms with Crippen molar-refractivity contribution in [1.29, 1.82) is 0 Å². The van der Waals surface area contributed by atoms with Crippen molar-refractivity contribution in [3.8, 4) is 0 Å². The van der Waals surface area contributed by atoms with E-state index in [1.54, 1.807) is 6.20 Å². The molecule has 6 nitrogen and oxygen atoms in total. The number of rotatable bonds is 6. The second-order valence-corrected chi connectivity index (χ2v) is 7.49. The third kappa shape index (κ3) is 6.10. The maximum atomic E-state index is 4.42. The van der Waals surface area contributed by atoms with Gasteiger partial charge in [-0.25, -0.2) is 4.98 Å². The van der Waals surface area contributed by atoms with Crippen molar-refractivity contribution in [1.82, 2.24) is 24.3 Å².